The molecule has 0 aliphatic heterocycles. The molecule has 0 aromatic heterocycles. The van der Waals surface area contributed by atoms with Gasteiger partial charge >= 0.3 is 10.1 Å². The third-order valence-electron chi connectivity index (χ3n) is 4.65. The standard InChI is InChI=1S/C18H20N2O5S/c19-17-11-8-15(12-18(17)20(21)22)25-26(23,24)16-9-6-14(7-10-16)13-4-2-1-3-5-13/h6-13H,1-5,19H2. The van der Waals surface area contributed by atoms with E-state index in [0.29, 0.717) is 5.92 Å². The molecule has 3 rings (SSSR count). The van der Waals surface area contributed by atoms with E-state index < -0.39 is 20.7 Å². The fraction of sp³-hybridized carbons (Fsp3) is 0.333. The summed E-state index contributed by atoms with van der Waals surface area (Å²) in [6.07, 6.45) is 5.90. The third kappa shape index (κ3) is 3.96. The SMILES string of the molecule is Nc1ccc(OS(=O)(=O)c2ccc(C3CCCCC3)cc2)cc1[N+](=O)[O-]. The van der Waals surface area contributed by atoms with Gasteiger partial charge in [0, 0.05) is 0 Å². The van der Waals surface area contributed by atoms with Crippen LogP contribution >= 0.6 is 0 Å². The Morgan fingerprint density at radius 1 is 1.04 bits per heavy atom. The van der Waals surface area contributed by atoms with Crippen molar-refractivity contribution in [3.05, 3.63) is 58.1 Å². The molecular formula is C18H20N2O5S. The molecule has 0 radical (unpaired) electrons. The average Bonchev–Trinajstić information content (AvgIpc) is 2.64. The molecule has 0 saturated heterocycles. The number of nitro groups is 1. The topological polar surface area (TPSA) is 113 Å². The molecule has 2 N–H and O–H groups in total. The second kappa shape index (κ2) is 7.33. The molecule has 1 saturated carbocycles. The highest BCUT2D eigenvalue weighted by Crippen LogP contribution is 2.33. The van der Waals surface area contributed by atoms with Gasteiger partial charge in [-0.25, -0.2) is 0 Å². The number of nitro benzene ring substituents is 1. The Bertz CT molecular complexity index is 904. The van der Waals surface area contributed by atoms with Crippen molar-refractivity contribution in [2.24, 2.45) is 0 Å². The molecule has 0 bridgehead atoms. The summed E-state index contributed by atoms with van der Waals surface area (Å²) >= 11 is 0. The molecule has 8 heteroatoms. The summed E-state index contributed by atoms with van der Waals surface area (Å²) in [7, 11) is -4.08. The fourth-order valence-electron chi connectivity index (χ4n) is 3.25. The van der Waals surface area contributed by atoms with Gasteiger partial charge < -0.3 is 9.92 Å². The number of anilines is 1. The zero-order valence-corrected chi connectivity index (χ0v) is 14.9. The first-order chi connectivity index (χ1) is 12.4. The zero-order valence-electron chi connectivity index (χ0n) is 14.1. The van der Waals surface area contributed by atoms with Crippen molar-refractivity contribution in [2.45, 2.75) is 42.9 Å². The fourth-order valence-corrected chi connectivity index (χ4v) is 4.17. The Kier molecular flexibility index (Phi) is 5.13. The van der Waals surface area contributed by atoms with Crippen molar-refractivity contribution in [1.29, 1.82) is 0 Å². The number of nitrogens with two attached hydrogens (primary N) is 1. The molecule has 1 aliphatic carbocycles. The van der Waals surface area contributed by atoms with Crippen LogP contribution in [0.1, 0.15) is 43.6 Å². The van der Waals surface area contributed by atoms with Crippen molar-refractivity contribution in [3.63, 3.8) is 0 Å². The highest BCUT2D eigenvalue weighted by atomic mass is 32.2. The van der Waals surface area contributed by atoms with Crippen molar-refractivity contribution in [3.8, 4) is 5.75 Å². The van der Waals surface area contributed by atoms with Gasteiger partial charge in [-0.3, -0.25) is 10.1 Å². The first-order valence-electron chi connectivity index (χ1n) is 8.45. The molecular weight excluding hydrogens is 356 g/mol. The molecule has 0 unspecified atom stereocenters. The minimum Gasteiger partial charge on any atom is -0.393 e. The Labute approximate surface area is 152 Å². The second-order valence-electron chi connectivity index (χ2n) is 6.42. The number of hydrogen-bond acceptors (Lipinski definition) is 6. The molecule has 0 heterocycles. The minimum atomic E-state index is -4.08. The molecule has 0 spiro atoms. The first kappa shape index (κ1) is 18.2. The summed E-state index contributed by atoms with van der Waals surface area (Å²) in [6.45, 7) is 0. The molecule has 2 aromatic rings. The van der Waals surface area contributed by atoms with E-state index in [9.17, 15) is 18.5 Å². The van der Waals surface area contributed by atoms with Crippen molar-refractivity contribution in [2.75, 3.05) is 5.73 Å². The third-order valence-corrected chi connectivity index (χ3v) is 5.91. The van der Waals surface area contributed by atoms with E-state index in [1.54, 1.807) is 0 Å². The van der Waals surface area contributed by atoms with Crippen LogP contribution in [-0.4, -0.2) is 13.3 Å². The lowest BCUT2D eigenvalue weighted by Crippen LogP contribution is -2.11. The van der Waals surface area contributed by atoms with Gasteiger partial charge in [-0.2, -0.15) is 8.42 Å². The number of rotatable bonds is 5. The monoisotopic (exact) mass is 376 g/mol. The molecule has 26 heavy (non-hydrogen) atoms. The number of hydrogen-bond donors (Lipinski definition) is 1. The van der Waals surface area contributed by atoms with Crippen LogP contribution in [0.5, 0.6) is 5.75 Å². The molecule has 7 nitrogen and oxygen atoms in total. The van der Waals surface area contributed by atoms with Crippen molar-refractivity contribution >= 4 is 21.5 Å². The van der Waals surface area contributed by atoms with Crippen molar-refractivity contribution in [1.82, 2.24) is 0 Å². The van der Waals surface area contributed by atoms with Crippen LogP contribution in [0.3, 0.4) is 0 Å². The van der Waals surface area contributed by atoms with E-state index in [1.807, 2.05) is 12.1 Å². The molecule has 1 fully saturated rings. The predicted octanol–water partition coefficient (Wildman–Crippen LogP) is 3.99. The van der Waals surface area contributed by atoms with Crippen LogP contribution < -0.4 is 9.92 Å². The lowest BCUT2D eigenvalue weighted by atomic mass is 9.84. The first-order valence-corrected chi connectivity index (χ1v) is 9.86. The number of nitrogens with zero attached hydrogens (tertiary/aromatic N) is 1. The van der Waals surface area contributed by atoms with Gasteiger partial charge in [-0.1, -0.05) is 31.4 Å². The number of benzene rings is 2. The lowest BCUT2D eigenvalue weighted by Gasteiger charge is -2.22. The van der Waals surface area contributed by atoms with E-state index >= 15 is 0 Å². The van der Waals surface area contributed by atoms with Crippen LogP contribution in [0.4, 0.5) is 11.4 Å². The van der Waals surface area contributed by atoms with Gasteiger partial charge in [0.2, 0.25) is 0 Å². The van der Waals surface area contributed by atoms with Gasteiger partial charge in [-0.05, 0) is 48.6 Å². The van der Waals surface area contributed by atoms with Gasteiger partial charge in [0.05, 0.1) is 11.0 Å². The van der Waals surface area contributed by atoms with E-state index in [1.165, 1.54) is 43.5 Å². The Morgan fingerprint density at radius 3 is 2.31 bits per heavy atom. The number of nitrogen functional groups attached to an aromatic ring is 1. The Balaban J connectivity index is 1.80. The summed E-state index contributed by atoms with van der Waals surface area (Å²) in [5.41, 5.74) is 6.18. The summed E-state index contributed by atoms with van der Waals surface area (Å²) < 4.78 is 29.9. The molecule has 138 valence electrons. The van der Waals surface area contributed by atoms with Crippen LogP contribution in [0.15, 0.2) is 47.4 Å². The largest absolute Gasteiger partial charge is 0.393 e. The van der Waals surface area contributed by atoms with Gasteiger partial charge in [0.25, 0.3) is 5.69 Å². The second-order valence-corrected chi connectivity index (χ2v) is 7.97. The predicted molar refractivity (Wildman–Crippen MR) is 97.6 cm³/mol. The maximum Gasteiger partial charge on any atom is 0.339 e. The molecule has 1 aliphatic rings. The maximum atomic E-state index is 12.4. The summed E-state index contributed by atoms with van der Waals surface area (Å²) in [6, 6.07) is 10.2. The summed E-state index contributed by atoms with van der Waals surface area (Å²) in [4.78, 5) is 10.2. The van der Waals surface area contributed by atoms with Gasteiger partial charge in [0.15, 0.2) is 0 Å². The Hall–Kier alpha value is -2.61. The van der Waals surface area contributed by atoms with Crippen LogP contribution in [0.2, 0.25) is 0 Å². The van der Waals surface area contributed by atoms with E-state index in [0.717, 1.165) is 24.5 Å². The lowest BCUT2D eigenvalue weighted by molar-refractivity contribution is -0.383. The summed E-state index contributed by atoms with van der Waals surface area (Å²) in [5.74, 6) is 0.323. The minimum absolute atomic E-state index is 0.0107. The zero-order chi connectivity index (χ0) is 18.7. The van der Waals surface area contributed by atoms with Crippen LogP contribution in [-0.2, 0) is 10.1 Å². The highest BCUT2D eigenvalue weighted by Gasteiger charge is 2.21. The Morgan fingerprint density at radius 2 is 1.69 bits per heavy atom. The molecule has 0 amide bonds. The van der Waals surface area contributed by atoms with Gasteiger partial charge in [-0.15, -0.1) is 0 Å². The van der Waals surface area contributed by atoms with E-state index in [-0.39, 0.29) is 16.3 Å². The van der Waals surface area contributed by atoms with Crippen molar-refractivity contribution < 1.29 is 17.5 Å². The highest BCUT2D eigenvalue weighted by molar-refractivity contribution is 7.87. The van der Waals surface area contributed by atoms with Crippen LogP contribution in [0, 0.1) is 10.1 Å². The normalized spacial score (nSPS) is 15.5. The molecule has 0 atom stereocenters. The smallest absolute Gasteiger partial charge is 0.339 e. The quantitative estimate of drug-likeness (QED) is 0.365. The van der Waals surface area contributed by atoms with Gasteiger partial charge in [0.1, 0.15) is 16.3 Å². The van der Waals surface area contributed by atoms with E-state index in [2.05, 4.69) is 0 Å². The van der Waals surface area contributed by atoms with E-state index in [4.69, 9.17) is 9.92 Å². The molecule has 2 aromatic carbocycles. The maximum absolute atomic E-state index is 12.4. The summed E-state index contributed by atoms with van der Waals surface area (Å²) in [5, 5.41) is 10.9. The average molecular weight is 376 g/mol. The van der Waals surface area contributed by atoms with Crippen LogP contribution in [0.25, 0.3) is 0 Å².